The van der Waals surface area contributed by atoms with Crippen LogP contribution >= 0.6 is 22.9 Å². The van der Waals surface area contributed by atoms with Gasteiger partial charge in [0, 0.05) is 23.8 Å². The van der Waals surface area contributed by atoms with Gasteiger partial charge in [-0.25, -0.2) is 9.97 Å². The SMILES string of the molecule is Cc1ccc(NC(=O)c2sc3ncnc(N4CCCC4)c3c2C)cc1Cl. The molecule has 3 aromatic rings. The van der Waals surface area contributed by atoms with Crippen molar-refractivity contribution in [2.24, 2.45) is 0 Å². The number of benzene rings is 1. The molecule has 0 unspecified atom stereocenters. The molecule has 0 spiro atoms. The second kappa shape index (κ2) is 6.85. The van der Waals surface area contributed by atoms with E-state index < -0.39 is 0 Å². The van der Waals surface area contributed by atoms with E-state index in [-0.39, 0.29) is 5.91 Å². The lowest BCUT2D eigenvalue weighted by Gasteiger charge is -2.17. The van der Waals surface area contributed by atoms with Gasteiger partial charge in [0.2, 0.25) is 0 Å². The quantitative estimate of drug-likeness (QED) is 0.701. The summed E-state index contributed by atoms with van der Waals surface area (Å²) in [7, 11) is 0. The van der Waals surface area contributed by atoms with Gasteiger partial charge in [0.1, 0.15) is 17.0 Å². The van der Waals surface area contributed by atoms with Gasteiger partial charge in [0.25, 0.3) is 5.91 Å². The van der Waals surface area contributed by atoms with E-state index in [1.807, 2.05) is 26.0 Å². The Morgan fingerprint density at radius 3 is 2.73 bits per heavy atom. The molecule has 3 heterocycles. The third-order valence-electron chi connectivity index (χ3n) is 4.75. The van der Waals surface area contributed by atoms with Gasteiger partial charge in [-0.3, -0.25) is 4.79 Å². The molecular formula is C19H19ClN4OS. The number of nitrogens with one attached hydrogen (secondary N) is 1. The highest BCUT2D eigenvalue weighted by molar-refractivity contribution is 7.20. The lowest BCUT2D eigenvalue weighted by molar-refractivity contribution is 0.103. The topological polar surface area (TPSA) is 58.1 Å². The molecular weight excluding hydrogens is 368 g/mol. The number of anilines is 2. The monoisotopic (exact) mass is 386 g/mol. The van der Waals surface area contributed by atoms with E-state index in [9.17, 15) is 4.79 Å². The van der Waals surface area contributed by atoms with Crippen LogP contribution in [0.4, 0.5) is 11.5 Å². The van der Waals surface area contributed by atoms with Gasteiger partial charge >= 0.3 is 0 Å². The molecule has 1 N–H and O–H groups in total. The van der Waals surface area contributed by atoms with Crippen LogP contribution in [0.2, 0.25) is 5.02 Å². The second-order valence-corrected chi connectivity index (χ2v) is 7.95. The van der Waals surface area contributed by atoms with E-state index in [2.05, 4.69) is 20.2 Å². The van der Waals surface area contributed by atoms with Gasteiger partial charge in [-0.1, -0.05) is 17.7 Å². The fourth-order valence-corrected chi connectivity index (χ4v) is 4.52. The number of rotatable bonds is 3. The minimum atomic E-state index is -0.141. The van der Waals surface area contributed by atoms with Gasteiger partial charge in [-0.2, -0.15) is 0 Å². The number of carbonyl (C=O) groups excluding carboxylic acids is 1. The summed E-state index contributed by atoms with van der Waals surface area (Å²) in [5.74, 6) is 0.802. The molecule has 0 radical (unpaired) electrons. The van der Waals surface area contributed by atoms with Crippen LogP contribution in [0.1, 0.15) is 33.6 Å². The molecule has 0 atom stereocenters. The van der Waals surface area contributed by atoms with E-state index >= 15 is 0 Å². The second-order valence-electron chi connectivity index (χ2n) is 6.55. The number of thiophene rings is 1. The molecule has 4 rings (SSSR count). The molecule has 1 amide bonds. The highest BCUT2D eigenvalue weighted by Crippen LogP contribution is 2.36. The smallest absolute Gasteiger partial charge is 0.266 e. The molecule has 26 heavy (non-hydrogen) atoms. The Morgan fingerprint density at radius 2 is 2.00 bits per heavy atom. The van der Waals surface area contributed by atoms with Crippen LogP contribution in [0, 0.1) is 13.8 Å². The van der Waals surface area contributed by atoms with Crippen LogP contribution in [0.3, 0.4) is 0 Å². The lowest BCUT2D eigenvalue weighted by atomic mass is 10.2. The molecule has 1 aliphatic heterocycles. The molecule has 0 bridgehead atoms. The maximum absolute atomic E-state index is 12.8. The predicted octanol–water partition coefficient (Wildman–Crippen LogP) is 4.81. The lowest BCUT2D eigenvalue weighted by Crippen LogP contribution is -2.19. The van der Waals surface area contributed by atoms with E-state index in [0.29, 0.717) is 15.6 Å². The average Bonchev–Trinajstić information content (AvgIpc) is 3.26. The fourth-order valence-electron chi connectivity index (χ4n) is 3.30. The molecule has 5 nitrogen and oxygen atoms in total. The number of nitrogens with zero attached hydrogens (tertiary/aromatic N) is 3. The Kier molecular flexibility index (Phi) is 4.54. The first-order valence-corrected chi connectivity index (χ1v) is 9.80. The van der Waals surface area contributed by atoms with Crippen molar-refractivity contribution >= 4 is 50.6 Å². The van der Waals surface area contributed by atoms with E-state index in [1.54, 1.807) is 12.4 Å². The molecule has 2 aromatic heterocycles. The van der Waals surface area contributed by atoms with Gasteiger partial charge in [-0.05, 0) is 49.9 Å². The average molecular weight is 387 g/mol. The molecule has 1 saturated heterocycles. The molecule has 1 aliphatic rings. The predicted molar refractivity (Wildman–Crippen MR) is 108 cm³/mol. The van der Waals surface area contributed by atoms with Crippen molar-refractivity contribution in [3.63, 3.8) is 0 Å². The largest absolute Gasteiger partial charge is 0.356 e. The summed E-state index contributed by atoms with van der Waals surface area (Å²) in [6, 6.07) is 5.52. The zero-order valence-corrected chi connectivity index (χ0v) is 16.2. The van der Waals surface area contributed by atoms with Crippen LogP contribution in [0.25, 0.3) is 10.2 Å². The van der Waals surface area contributed by atoms with Gasteiger partial charge in [-0.15, -0.1) is 11.3 Å². The summed E-state index contributed by atoms with van der Waals surface area (Å²) < 4.78 is 0. The summed E-state index contributed by atoms with van der Waals surface area (Å²) in [5, 5.41) is 4.57. The van der Waals surface area contributed by atoms with E-state index in [0.717, 1.165) is 40.3 Å². The first kappa shape index (κ1) is 17.2. The van der Waals surface area contributed by atoms with Crippen molar-refractivity contribution in [3.8, 4) is 0 Å². The maximum atomic E-state index is 12.8. The number of halogens is 1. The van der Waals surface area contributed by atoms with Gasteiger partial charge in [0.05, 0.1) is 10.3 Å². The number of fused-ring (bicyclic) bond motifs is 1. The van der Waals surface area contributed by atoms with Crippen LogP contribution in [-0.4, -0.2) is 29.0 Å². The summed E-state index contributed by atoms with van der Waals surface area (Å²) in [6.07, 6.45) is 3.94. The third-order valence-corrected chi connectivity index (χ3v) is 6.35. The molecule has 1 fully saturated rings. The zero-order valence-electron chi connectivity index (χ0n) is 14.7. The standard InChI is InChI=1S/C19H19ClN4OS/c1-11-5-6-13(9-14(11)20)23-18(25)16-12(2)15-17(24-7-3-4-8-24)21-10-22-19(15)26-16/h5-6,9-10H,3-4,7-8H2,1-2H3,(H,23,25). The number of hydrogen-bond acceptors (Lipinski definition) is 5. The van der Waals surface area contributed by atoms with Gasteiger partial charge < -0.3 is 10.2 Å². The molecule has 134 valence electrons. The van der Waals surface area contributed by atoms with E-state index in [1.165, 1.54) is 24.2 Å². The van der Waals surface area contributed by atoms with Crippen molar-refractivity contribution in [1.29, 1.82) is 0 Å². The number of hydrogen-bond donors (Lipinski definition) is 1. The first-order chi connectivity index (χ1) is 12.5. The number of amides is 1. The highest BCUT2D eigenvalue weighted by Gasteiger charge is 2.23. The Morgan fingerprint density at radius 1 is 1.23 bits per heavy atom. The molecule has 7 heteroatoms. The van der Waals surface area contributed by atoms with Crippen molar-refractivity contribution in [2.45, 2.75) is 26.7 Å². The third kappa shape index (κ3) is 3.04. The Labute approximate surface area is 161 Å². The number of aryl methyl sites for hydroxylation is 2. The van der Waals surface area contributed by atoms with Crippen LogP contribution in [0.15, 0.2) is 24.5 Å². The Hall–Kier alpha value is -2.18. The summed E-state index contributed by atoms with van der Waals surface area (Å²) in [5.41, 5.74) is 2.60. The summed E-state index contributed by atoms with van der Waals surface area (Å²) in [6.45, 7) is 5.91. The van der Waals surface area contributed by atoms with Crippen molar-refractivity contribution in [3.05, 3.63) is 45.6 Å². The maximum Gasteiger partial charge on any atom is 0.266 e. The Bertz CT molecular complexity index is 995. The molecule has 1 aromatic carbocycles. The highest BCUT2D eigenvalue weighted by atomic mass is 35.5. The minimum Gasteiger partial charge on any atom is -0.356 e. The van der Waals surface area contributed by atoms with Gasteiger partial charge in [0.15, 0.2) is 0 Å². The van der Waals surface area contributed by atoms with Crippen LogP contribution in [-0.2, 0) is 0 Å². The van der Waals surface area contributed by atoms with Crippen LogP contribution in [0.5, 0.6) is 0 Å². The molecule has 0 saturated carbocycles. The molecule has 0 aliphatic carbocycles. The minimum absolute atomic E-state index is 0.141. The summed E-state index contributed by atoms with van der Waals surface area (Å²) in [4.78, 5) is 25.5. The number of aromatic nitrogens is 2. The fraction of sp³-hybridized carbons (Fsp3) is 0.316. The van der Waals surface area contributed by atoms with Crippen molar-refractivity contribution < 1.29 is 4.79 Å². The number of carbonyl (C=O) groups is 1. The van der Waals surface area contributed by atoms with Crippen LogP contribution < -0.4 is 10.2 Å². The summed E-state index contributed by atoms with van der Waals surface area (Å²) >= 11 is 7.57. The first-order valence-electron chi connectivity index (χ1n) is 8.61. The van der Waals surface area contributed by atoms with E-state index in [4.69, 9.17) is 11.6 Å². The van der Waals surface area contributed by atoms with Crippen molar-refractivity contribution in [1.82, 2.24) is 9.97 Å². The zero-order chi connectivity index (χ0) is 18.3. The Balaban J connectivity index is 1.70. The van der Waals surface area contributed by atoms with Crippen molar-refractivity contribution in [2.75, 3.05) is 23.3 Å². The normalized spacial score (nSPS) is 14.2.